The lowest BCUT2D eigenvalue weighted by atomic mass is 10.2. The van der Waals surface area contributed by atoms with Gasteiger partial charge in [0.15, 0.2) is 5.75 Å². The van der Waals surface area contributed by atoms with Crippen LogP contribution in [0.2, 0.25) is 0 Å². The number of rotatable bonds is 7. The number of carbonyl (C=O) groups is 1. The highest BCUT2D eigenvalue weighted by Crippen LogP contribution is 1.93. The smallest absolute Gasteiger partial charge is 0.320 e. The van der Waals surface area contributed by atoms with E-state index in [2.05, 4.69) is 10.6 Å². The molecule has 0 spiro atoms. The van der Waals surface area contributed by atoms with Crippen LogP contribution in [0.4, 0.5) is 0 Å². The van der Waals surface area contributed by atoms with Gasteiger partial charge < -0.3 is 5.11 Å². The molecular formula is C8H13NO4S. The Labute approximate surface area is 83.6 Å². The third-order valence-corrected chi connectivity index (χ3v) is 2.65. The van der Waals surface area contributed by atoms with E-state index in [0.717, 1.165) is 6.42 Å². The molecule has 0 fully saturated rings. The van der Waals surface area contributed by atoms with Crippen LogP contribution in [0.25, 0.3) is 0 Å². The van der Waals surface area contributed by atoms with Gasteiger partial charge in [-0.1, -0.05) is 0 Å². The number of hydrogen-bond donors (Lipinski definition) is 2. The maximum Gasteiger partial charge on any atom is 0.320 e. The molecule has 0 radical (unpaired) electrons. The fourth-order valence-electron chi connectivity index (χ4n) is 0.793. The fourth-order valence-corrected chi connectivity index (χ4v) is 1.68. The van der Waals surface area contributed by atoms with Crippen molar-refractivity contribution in [3.63, 3.8) is 0 Å². The molecule has 0 aromatic heterocycles. The van der Waals surface area contributed by atoms with Crippen molar-refractivity contribution < 1.29 is 18.3 Å². The van der Waals surface area contributed by atoms with Crippen molar-refractivity contribution in [1.82, 2.24) is 4.72 Å². The average Bonchev–Trinajstić information content (AvgIpc) is 2.01. The van der Waals surface area contributed by atoms with E-state index in [1.54, 1.807) is 0 Å². The van der Waals surface area contributed by atoms with E-state index >= 15 is 0 Å². The molecule has 0 aliphatic heterocycles. The number of unbranched alkanes of at least 4 members (excludes halogenated alkanes) is 2. The number of aliphatic carboxylic acids is 1. The number of hydrogen-bond acceptors (Lipinski definition) is 3. The van der Waals surface area contributed by atoms with E-state index < -0.39 is 21.7 Å². The molecule has 0 bridgehead atoms. The molecule has 0 aliphatic rings. The summed E-state index contributed by atoms with van der Waals surface area (Å²) in [4.78, 5) is 10.1. The van der Waals surface area contributed by atoms with Gasteiger partial charge in [0.05, 0.1) is 0 Å². The summed E-state index contributed by atoms with van der Waals surface area (Å²) in [6, 6.07) is 0. The van der Waals surface area contributed by atoms with Gasteiger partial charge in [-0.2, -0.15) is 0 Å². The van der Waals surface area contributed by atoms with E-state index in [4.69, 9.17) is 11.5 Å². The Morgan fingerprint density at radius 2 is 2.07 bits per heavy atom. The molecule has 14 heavy (non-hydrogen) atoms. The van der Waals surface area contributed by atoms with E-state index in [9.17, 15) is 13.2 Å². The lowest BCUT2D eigenvalue weighted by Crippen LogP contribution is -2.30. The molecule has 2 N–H and O–H groups in total. The molecule has 0 aliphatic carbocycles. The van der Waals surface area contributed by atoms with Gasteiger partial charge in [0, 0.05) is 13.0 Å². The highest BCUT2D eigenvalue weighted by molar-refractivity contribution is 7.90. The molecule has 6 heteroatoms. The predicted molar refractivity (Wildman–Crippen MR) is 52.1 cm³/mol. The molecule has 5 nitrogen and oxygen atoms in total. The van der Waals surface area contributed by atoms with E-state index in [1.807, 2.05) is 0 Å². The van der Waals surface area contributed by atoms with Gasteiger partial charge >= 0.3 is 5.97 Å². The summed E-state index contributed by atoms with van der Waals surface area (Å²) >= 11 is 0. The third kappa shape index (κ3) is 7.58. The topological polar surface area (TPSA) is 83.5 Å². The van der Waals surface area contributed by atoms with Crippen molar-refractivity contribution in [2.75, 3.05) is 12.3 Å². The van der Waals surface area contributed by atoms with E-state index in [1.165, 1.54) is 0 Å². The molecule has 0 aromatic rings. The quantitative estimate of drug-likeness (QED) is 0.458. The number of carboxylic acids is 1. The normalized spacial score (nSPS) is 10.8. The van der Waals surface area contributed by atoms with Crippen molar-refractivity contribution in [2.24, 2.45) is 0 Å². The van der Waals surface area contributed by atoms with Crippen LogP contribution in [0.5, 0.6) is 0 Å². The van der Waals surface area contributed by atoms with Crippen LogP contribution < -0.4 is 4.72 Å². The van der Waals surface area contributed by atoms with Crippen molar-refractivity contribution in [2.45, 2.75) is 19.3 Å². The van der Waals surface area contributed by atoms with Crippen LogP contribution in [-0.2, 0) is 14.8 Å². The molecule has 0 amide bonds. The monoisotopic (exact) mass is 219 g/mol. The largest absolute Gasteiger partial charge is 0.480 e. The predicted octanol–water partition coefficient (Wildman–Crippen LogP) is -0.206. The summed E-state index contributed by atoms with van der Waals surface area (Å²) in [5.74, 6) is 0.179. The second-order valence-corrected chi connectivity index (χ2v) is 4.52. The first-order valence-corrected chi connectivity index (χ1v) is 5.76. The first kappa shape index (κ1) is 12.9. The molecule has 0 saturated heterocycles. The fraction of sp³-hybridized carbons (Fsp3) is 0.625. The van der Waals surface area contributed by atoms with Gasteiger partial charge in [0.2, 0.25) is 10.0 Å². The summed E-state index contributed by atoms with van der Waals surface area (Å²) < 4.78 is 24.1. The van der Waals surface area contributed by atoms with Crippen molar-refractivity contribution in [1.29, 1.82) is 0 Å². The highest BCUT2D eigenvalue weighted by Gasteiger charge is 2.13. The Balaban J connectivity index is 3.68. The van der Waals surface area contributed by atoms with Gasteiger partial charge in [0.25, 0.3) is 0 Å². The lowest BCUT2D eigenvalue weighted by molar-refractivity contribution is -0.134. The molecule has 0 saturated carbocycles. The van der Waals surface area contributed by atoms with Crippen molar-refractivity contribution in [3.05, 3.63) is 0 Å². The van der Waals surface area contributed by atoms with Crippen LogP contribution in [0.3, 0.4) is 0 Å². The maximum absolute atomic E-state index is 10.9. The third-order valence-electron chi connectivity index (χ3n) is 1.38. The van der Waals surface area contributed by atoms with Crippen molar-refractivity contribution in [3.8, 4) is 12.3 Å². The zero-order chi connectivity index (χ0) is 11.0. The zero-order valence-electron chi connectivity index (χ0n) is 7.69. The lowest BCUT2D eigenvalue weighted by Gasteiger charge is -2.02. The van der Waals surface area contributed by atoms with Gasteiger partial charge in [-0.05, 0) is 12.8 Å². The average molecular weight is 219 g/mol. The van der Waals surface area contributed by atoms with Crippen molar-refractivity contribution >= 4 is 16.0 Å². The number of terminal acetylenes is 1. The van der Waals surface area contributed by atoms with Gasteiger partial charge in [-0.3, -0.25) is 4.79 Å². The molecule has 0 heterocycles. The molecule has 0 atom stereocenters. The Morgan fingerprint density at radius 1 is 1.43 bits per heavy atom. The minimum absolute atomic E-state index is 0.233. The maximum atomic E-state index is 10.9. The Hall–Kier alpha value is -1.06. The Morgan fingerprint density at radius 3 is 2.57 bits per heavy atom. The molecule has 80 valence electrons. The summed E-state index contributed by atoms with van der Waals surface area (Å²) in [5, 5.41) is 8.24. The van der Waals surface area contributed by atoms with E-state index in [0.29, 0.717) is 12.8 Å². The molecule has 0 aromatic carbocycles. The summed E-state index contributed by atoms with van der Waals surface area (Å²) in [7, 11) is -3.67. The number of sulfonamides is 1. The van der Waals surface area contributed by atoms with Crippen LogP contribution >= 0.6 is 0 Å². The SMILES string of the molecule is C#CCCCCNS(=O)(=O)CC(=O)O. The molecule has 0 unspecified atom stereocenters. The Bertz CT molecular complexity index is 315. The van der Waals surface area contributed by atoms with Crippen LogP contribution in [0.1, 0.15) is 19.3 Å². The summed E-state index contributed by atoms with van der Waals surface area (Å²) in [6.07, 6.45) is 6.94. The first-order valence-electron chi connectivity index (χ1n) is 4.10. The summed E-state index contributed by atoms with van der Waals surface area (Å²) in [6.45, 7) is 0.233. The first-order chi connectivity index (χ1) is 6.48. The van der Waals surface area contributed by atoms with E-state index in [-0.39, 0.29) is 6.54 Å². The van der Waals surface area contributed by atoms with Crippen LogP contribution in [0, 0.1) is 12.3 Å². The standard InChI is InChI=1S/C8H13NO4S/c1-2-3-4-5-6-9-14(12,13)7-8(10)11/h1,9H,3-7H2,(H,10,11). The zero-order valence-corrected chi connectivity index (χ0v) is 8.51. The minimum atomic E-state index is -3.67. The Kier molecular flexibility index (Phi) is 5.92. The highest BCUT2D eigenvalue weighted by atomic mass is 32.2. The number of nitrogens with one attached hydrogen (secondary N) is 1. The second kappa shape index (κ2) is 6.40. The number of carboxylic acid groups (broad SMARTS) is 1. The van der Waals surface area contributed by atoms with Gasteiger partial charge in [-0.25, -0.2) is 13.1 Å². The molecular weight excluding hydrogens is 206 g/mol. The van der Waals surface area contributed by atoms with Gasteiger partial charge in [0.1, 0.15) is 0 Å². The summed E-state index contributed by atoms with van der Waals surface area (Å²) in [5.41, 5.74) is 0. The minimum Gasteiger partial charge on any atom is -0.480 e. The molecule has 0 rings (SSSR count). The van der Waals surface area contributed by atoms with Crippen LogP contribution in [-0.4, -0.2) is 31.8 Å². The van der Waals surface area contributed by atoms with Gasteiger partial charge in [-0.15, -0.1) is 12.3 Å². The van der Waals surface area contributed by atoms with Crippen LogP contribution in [0.15, 0.2) is 0 Å². The second-order valence-electron chi connectivity index (χ2n) is 2.71.